The average molecular weight is 275 g/mol. The molecule has 0 saturated heterocycles. The Hall–Kier alpha value is -1.06. The zero-order valence-electron chi connectivity index (χ0n) is 11.4. The van der Waals surface area contributed by atoms with Crippen molar-refractivity contribution in [3.63, 3.8) is 0 Å². The topological polar surface area (TPSA) is 25.2 Å². The van der Waals surface area contributed by atoms with E-state index in [2.05, 4.69) is 24.4 Å². The van der Waals surface area contributed by atoms with Crippen LogP contribution in [0.3, 0.4) is 0 Å². The highest BCUT2D eigenvalue weighted by Gasteiger charge is 2.14. The van der Waals surface area contributed by atoms with Gasteiger partial charge < -0.3 is 9.73 Å². The number of fused-ring (bicyclic) bond motifs is 1. The predicted octanol–water partition coefficient (Wildman–Crippen LogP) is 3.94. The Kier molecular flexibility index (Phi) is 4.04. The van der Waals surface area contributed by atoms with Crippen LogP contribution in [0.4, 0.5) is 0 Å². The van der Waals surface area contributed by atoms with Crippen LogP contribution in [-0.2, 0) is 25.8 Å². The standard InChI is InChI=1S/C16H21NOS/c1-12(7-8-14-5-3-9-18-14)17-11-15-10-13-4-2-6-16(13)19-15/h3,5,9-10,12,17H,2,4,6-8,11H2,1H3. The minimum Gasteiger partial charge on any atom is -0.469 e. The first kappa shape index (κ1) is 12.9. The molecule has 0 aromatic carbocycles. The van der Waals surface area contributed by atoms with Crippen LogP contribution in [0.25, 0.3) is 0 Å². The lowest BCUT2D eigenvalue weighted by Gasteiger charge is -2.12. The van der Waals surface area contributed by atoms with Crippen molar-refractivity contribution >= 4 is 11.3 Å². The Labute approximate surface area is 118 Å². The van der Waals surface area contributed by atoms with Crippen molar-refractivity contribution in [3.8, 4) is 0 Å². The van der Waals surface area contributed by atoms with Gasteiger partial charge >= 0.3 is 0 Å². The molecule has 0 radical (unpaired) electrons. The smallest absolute Gasteiger partial charge is 0.103 e. The Balaban J connectivity index is 1.43. The molecule has 2 aromatic heterocycles. The Bertz CT molecular complexity index is 493. The predicted molar refractivity (Wildman–Crippen MR) is 79.7 cm³/mol. The third-order valence-electron chi connectivity index (χ3n) is 3.83. The summed E-state index contributed by atoms with van der Waals surface area (Å²) in [6, 6.07) is 6.94. The second-order valence-corrected chi connectivity index (χ2v) is 6.64. The van der Waals surface area contributed by atoms with Gasteiger partial charge in [-0.1, -0.05) is 0 Å². The van der Waals surface area contributed by atoms with E-state index in [1.807, 2.05) is 17.4 Å². The largest absolute Gasteiger partial charge is 0.469 e. The maximum atomic E-state index is 5.36. The highest BCUT2D eigenvalue weighted by Crippen LogP contribution is 2.30. The summed E-state index contributed by atoms with van der Waals surface area (Å²) in [6.45, 7) is 3.27. The van der Waals surface area contributed by atoms with E-state index in [1.54, 1.807) is 16.7 Å². The van der Waals surface area contributed by atoms with Crippen LogP contribution in [0.5, 0.6) is 0 Å². The highest BCUT2D eigenvalue weighted by molar-refractivity contribution is 7.12. The van der Waals surface area contributed by atoms with E-state index in [0.717, 1.165) is 25.1 Å². The van der Waals surface area contributed by atoms with Gasteiger partial charge in [0.05, 0.1) is 6.26 Å². The Morgan fingerprint density at radius 1 is 1.42 bits per heavy atom. The number of thiophene rings is 1. The van der Waals surface area contributed by atoms with Gasteiger partial charge in [0.1, 0.15) is 5.76 Å². The molecule has 1 atom stereocenters. The van der Waals surface area contributed by atoms with Gasteiger partial charge in [-0.2, -0.15) is 0 Å². The zero-order valence-corrected chi connectivity index (χ0v) is 12.3. The van der Waals surface area contributed by atoms with E-state index in [0.29, 0.717) is 6.04 Å². The minimum atomic E-state index is 0.530. The molecule has 19 heavy (non-hydrogen) atoms. The molecule has 1 aliphatic carbocycles. The van der Waals surface area contributed by atoms with Crippen LogP contribution in [0.15, 0.2) is 28.9 Å². The van der Waals surface area contributed by atoms with Crippen molar-refractivity contribution in [1.82, 2.24) is 5.32 Å². The molecule has 0 amide bonds. The fourth-order valence-corrected chi connectivity index (χ4v) is 3.88. The molecule has 3 rings (SSSR count). The monoisotopic (exact) mass is 275 g/mol. The number of aryl methyl sites for hydroxylation is 3. The lowest BCUT2D eigenvalue weighted by molar-refractivity contribution is 0.461. The molecule has 0 fully saturated rings. The molecule has 1 N–H and O–H groups in total. The van der Waals surface area contributed by atoms with Gasteiger partial charge in [0, 0.05) is 28.8 Å². The van der Waals surface area contributed by atoms with Crippen molar-refractivity contribution in [2.45, 2.75) is 51.6 Å². The Morgan fingerprint density at radius 2 is 2.37 bits per heavy atom. The van der Waals surface area contributed by atoms with Crippen LogP contribution >= 0.6 is 11.3 Å². The average Bonchev–Trinajstić information content (AvgIpc) is 3.09. The SMILES string of the molecule is CC(CCc1ccco1)NCc1cc2c(s1)CCC2. The van der Waals surface area contributed by atoms with Crippen molar-refractivity contribution in [3.05, 3.63) is 45.5 Å². The molecule has 3 heteroatoms. The van der Waals surface area contributed by atoms with Gasteiger partial charge in [0.25, 0.3) is 0 Å². The first-order chi connectivity index (χ1) is 9.31. The molecule has 0 spiro atoms. The van der Waals surface area contributed by atoms with Crippen LogP contribution in [-0.4, -0.2) is 6.04 Å². The third kappa shape index (κ3) is 3.28. The molecule has 0 aliphatic heterocycles. The van der Waals surface area contributed by atoms with Crippen LogP contribution in [0, 0.1) is 0 Å². The van der Waals surface area contributed by atoms with Crippen molar-refractivity contribution in [2.75, 3.05) is 0 Å². The molecule has 2 aromatic rings. The summed E-state index contributed by atoms with van der Waals surface area (Å²) >= 11 is 2.00. The molecule has 0 saturated carbocycles. The van der Waals surface area contributed by atoms with Crippen LogP contribution < -0.4 is 5.32 Å². The molecule has 2 heterocycles. The maximum Gasteiger partial charge on any atom is 0.103 e. The van der Waals surface area contributed by atoms with Crippen LogP contribution in [0.1, 0.15) is 40.8 Å². The first-order valence-corrected chi connectivity index (χ1v) is 7.99. The van der Waals surface area contributed by atoms with Crippen molar-refractivity contribution in [1.29, 1.82) is 0 Å². The van der Waals surface area contributed by atoms with E-state index >= 15 is 0 Å². The Morgan fingerprint density at radius 3 is 3.16 bits per heavy atom. The fraction of sp³-hybridized carbons (Fsp3) is 0.500. The summed E-state index contributed by atoms with van der Waals surface area (Å²) in [5, 5.41) is 3.62. The van der Waals surface area contributed by atoms with Gasteiger partial charge in [-0.05, 0) is 56.4 Å². The molecule has 102 valence electrons. The zero-order chi connectivity index (χ0) is 13.1. The fourth-order valence-electron chi connectivity index (χ4n) is 2.67. The van der Waals surface area contributed by atoms with Gasteiger partial charge in [-0.3, -0.25) is 0 Å². The number of hydrogen-bond acceptors (Lipinski definition) is 3. The molecule has 0 bridgehead atoms. The number of furan rings is 1. The quantitative estimate of drug-likeness (QED) is 0.864. The van der Waals surface area contributed by atoms with E-state index in [4.69, 9.17) is 4.42 Å². The molecular formula is C16H21NOS. The second kappa shape index (κ2) is 5.93. The summed E-state index contributed by atoms with van der Waals surface area (Å²) in [4.78, 5) is 3.12. The molecule has 1 aliphatic rings. The maximum absolute atomic E-state index is 5.36. The number of rotatable bonds is 6. The van der Waals surface area contributed by atoms with E-state index in [1.165, 1.54) is 24.1 Å². The van der Waals surface area contributed by atoms with Gasteiger partial charge in [0.15, 0.2) is 0 Å². The molecule has 1 unspecified atom stereocenters. The normalized spacial score (nSPS) is 15.6. The summed E-state index contributed by atoms with van der Waals surface area (Å²) in [5.41, 5.74) is 1.60. The van der Waals surface area contributed by atoms with E-state index in [9.17, 15) is 0 Å². The minimum absolute atomic E-state index is 0.530. The van der Waals surface area contributed by atoms with Crippen molar-refractivity contribution in [2.24, 2.45) is 0 Å². The van der Waals surface area contributed by atoms with E-state index < -0.39 is 0 Å². The molecular weight excluding hydrogens is 254 g/mol. The van der Waals surface area contributed by atoms with Gasteiger partial charge in [-0.15, -0.1) is 11.3 Å². The van der Waals surface area contributed by atoms with Crippen LogP contribution in [0.2, 0.25) is 0 Å². The molecule has 2 nitrogen and oxygen atoms in total. The summed E-state index contributed by atoms with van der Waals surface area (Å²) < 4.78 is 5.36. The summed E-state index contributed by atoms with van der Waals surface area (Å²) in [6.07, 6.45) is 7.84. The third-order valence-corrected chi connectivity index (χ3v) is 5.06. The highest BCUT2D eigenvalue weighted by atomic mass is 32.1. The first-order valence-electron chi connectivity index (χ1n) is 7.17. The summed E-state index contributed by atoms with van der Waals surface area (Å²) in [7, 11) is 0. The number of hydrogen-bond donors (Lipinski definition) is 1. The number of nitrogens with one attached hydrogen (secondary N) is 1. The van der Waals surface area contributed by atoms with Crippen molar-refractivity contribution < 1.29 is 4.42 Å². The van der Waals surface area contributed by atoms with Gasteiger partial charge in [0.2, 0.25) is 0 Å². The summed E-state index contributed by atoms with van der Waals surface area (Å²) in [5.74, 6) is 1.09. The second-order valence-electron chi connectivity index (χ2n) is 5.41. The lowest BCUT2D eigenvalue weighted by atomic mass is 10.1. The van der Waals surface area contributed by atoms with E-state index in [-0.39, 0.29) is 0 Å². The lowest BCUT2D eigenvalue weighted by Crippen LogP contribution is -2.25. The van der Waals surface area contributed by atoms with Gasteiger partial charge in [-0.25, -0.2) is 0 Å².